The molecular formula is C28H17BrN2. The Morgan fingerprint density at radius 3 is 2.13 bits per heavy atom. The molecule has 146 valence electrons. The summed E-state index contributed by atoms with van der Waals surface area (Å²) in [7, 11) is 0. The van der Waals surface area contributed by atoms with Gasteiger partial charge < -0.3 is 0 Å². The number of hydrogen-bond acceptors (Lipinski definition) is 2. The lowest BCUT2D eigenvalue weighted by Gasteiger charge is -2.13. The van der Waals surface area contributed by atoms with Crippen LogP contribution in [0.15, 0.2) is 102 Å². The summed E-state index contributed by atoms with van der Waals surface area (Å²) >= 11 is 3.51. The minimum Gasteiger partial charge on any atom is -0.228 e. The second-order valence-electron chi connectivity index (χ2n) is 7.67. The van der Waals surface area contributed by atoms with E-state index in [0.29, 0.717) is 0 Å². The van der Waals surface area contributed by atoms with Gasteiger partial charge in [-0.3, -0.25) is 0 Å². The maximum absolute atomic E-state index is 5.09. The molecule has 1 heterocycles. The van der Waals surface area contributed by atoms with Crippen molar-refractivity contribution < 1.29 is 0 Å². The average Bonchev–Trinajstić information content (AvgIpc) is 3.11. The molecule has 0 unspecified atom stereocenters. The van der Waals surface area contributed by atoms with Crippen LogP contribution < -0.4 is 0 Å². The third kappa shape index (κ3) is 2.85. The summed E-state index contributed by atoms with van der Waals surface area (Å²) in [6, 6.07) is 31.3. The van der Waals surface area contributed by atoms with Crippen molar-refractivity contribution >= 4 is 32.4 Å². The van der Waals surface area contributed by atoms with Crippen molar-refractivity contribution in [2.24, 2.45) is 0 Å². The molecule has 0 radical (unpaired) electrons. The molecule has 0 fully saturated rings. The molecular weight excluding hydrogens is 444 g/mol. The summed E-state index contributed by atoms with van der Waals surface area (Å²) in [5, 5.41) is 1.05. The maximum atomic E-state index is 5.09. The van der Waals surface area contributed by atoms with Crippen LogP contribution in [0.25, 0.3) is 50.2 Å². The molecule has 0 saturated carbocycles. The van der Waals surface area contributed by atoms with E-state index in [0.717, 1.165) is 43.6 Å². The first-order valence-electron chi connectivity index (χ1n) is 10.2. The smallest absolute Gasteiger partial charge is 0.160 e. The molecule has 0 atom stereocenters. The number of rotatable bonds is 2. The van der Waals surface area contributed by atoms with Gasteiger partial charge in [0.05, 0.1) is 11.2 Å². The molecule has 6 rings (SSSR count). The molecule has 5 aromatic rings. The quantitative estimate of drug-likeness (QED) is 0.263. The first-order chi connectivity index (χ1) is 15.2. The van der Waals surface area contributed by atoms with Crippen LogP contribution >= 0.6 is 15.9 Å². The minimum atomic E-state index is 0.726. The lowest BCUT2D eigenvalue weighted by molar-refractivity contribution is 1.23. The third-order valence-electron chi connectivity index (χ3n) is 5.87. The van der Waals surface area contributed by atoms with E-state index in [1.165, 1.54) is 22.3 Å². The van der Waals surface area contributed by atoms with E-state index >= 15 is 0 Å². The monoisotopic (exact) mass is 460 g/mol. The Kier molecular flexibility index (Phi) is 4.12. The summed E-state index contributed by atoms with van der Waals surface area (Å²) < 4.78 is 1.04. The first-order valence-corrected chi connectivity index (χ1v) is 11.0. The highest BCUT2D eigenvalue weighted by Gasteiger charge is 2.26. The van der Waals surface area contributed by atoms with Crippen molar-refractivity contribution in [2.45, 2.75) is 0 Å². The standard InChI is InChI=1S/C28H17BrN2/c1-17-20-7-2-3-8-22(20)26-21(17)10-6-11-24(26)27-23-9-4-5-12-25(23)30-28(31-27)18-13-15-19(29)16-14-18/h2-16H,1H2. The summed E-state index contributed by atoms with van der Waals surface area (Å²) in [6.07, 6.45) is 0. The molecule has 0 bridgehead atoms. The van der Waals surface area contributed by atoms with Gasteiger partial charge in [-0.1, -0.05) is 95.3 Å². The van der Waals surface area contributed by atoms with Gasteiger partial charge in [0.15, 0.2) is 5.82 Å². The fourth-order valence-corrected chi connectivity index (χ4v) is 4.67. The number of fused-ring (bicyclic) bond motifs is 4. The molecule has 1 aromatic heterocycles. The average molecular weight is 461 g/mol. The molecule has 0 amide bonds. The largest absolute Gasteiger partial charge is 0.228 e. The van der Waals surface area contributed by atoms with Crippen molar-refractivity contribution in [3.63, 3.8) is 0 Å². The van der Waals surface area contributed by atoms with E-state index in [2.05, 4.69) is 77.1 Å². The van der Waals surface area contributed by atoms with Crippen molar-refractivity contribution in [1.82, 2.24) is 9.97 Å². The Balaban J connectivity index is 1.68. The Morgan fingerprint density at radius 2 is 1.29 bits per heavy atom. The SMILES string of the molecule is C=C1c2ccccc2-c2c1cccc2-c1nc(-c2ccc(Br)cc2)nc2ccccc12. The zero-order chi connectivity index (χ0) is 20.9. The highest BCUT2D eigenvalue weighted by Crippen LogP contribution is 2.48. The normalized spacial score (nSPS) is 12.1. The first kappa shape index (κ1) is 18.2. The fourth-order valence-electron chi connectivity index (χ4n) is 4.41. The fraction of sp³-hybridized carbons (Fsp3) is 0. The van der Waals surface area contributed by atoms with Gasteiger partial charge in [-0.15, -0.1) is 0 Å². The van der Waals surface area contributed by atoms with Crippen molar-refractivity contribution in [3.05, 3.63) is 113 Å². The van der Waals surface area contributed by atoms with Gasteiger partial charge in [-0.2, -0.15) is 0 Å². The molecule has 2 nitrogen and oxygen atoms in total. The number of halogens is 1. The minimum absolute atomic E-state index is 0.726. The highest BCUT2D eigenvalue weighted by atomic mass is 79.9. The Hall–Kier alpha value is -3.56. The van der Waals surface area contributed by atoms with Crippen LogP contribution in [0.1, 0.15) is 11.1 Å². The lowest BCUT2D eigenvalue weighted by atomic mass is 9.95. The summed E-state index contributed by atoms with van der Waals surface area (Å²) in [6.45, 7) is 4.37. The number of hydrogen-bond donors (Lipinski definition) is 0. The van der Waals surface area contributed by atoms with Gasteiger partial charge in [-0.25, -0.2) is 9.97 Å². The van der Waals surface area contributed by atoms with E-state index in [9.17, 15) is 0 Å². The summed E-state index contributed by atoms with van der Waals surface area (Å²) in [4.78, 5) is 9.96. The van der Waals surface area contributed by atoms with Crippen molar-refractivity contribution in [1.29, 1.82) is 0 Å². The van der Waals surface area contributed by atoms with E-state index in [-0.39, 0.29) is 0 Å². The van der Waals surface area contributed by atoms with E-state index in [4.69, 9.17) is 9.97 Å². The second kappa shape index (κ2) is 7.00. The van der Waals surface area contributed by atoms with Crippen LogP contribution in [0.2, 0.25) is 0 Å². The summed E-state index contributed by atoms with van der Waals surface area (Å²) in [5.74, 6) is 0.726. The van der Waals surface area contributed by atoms with Gasteiger partial charge in [0.1, 0.15) is 0 Å². The molecule has 1 aliphatic carbocycles. The number of para-hydroxylation sites is 1. The maximum Gasteiger partial charge on any atom is 0.160 e. The van der Waals surface area contributed by atoms with Crippen LogP contribution in [-0.2, 0) is 0 Å². The van der Waals surface area contributed by atoms with Gasteiger partial charge in [0.2, 0.25) is 0 Å². The van der Waals surface area contributed by atoms with Gasteiger partial charge in [-0.05, 0) is 46.0 Å². The Bertz CT molecular complexity index is 1500. The molecule has 31 heavy (non-hydrogen) atoms. The van der Waals surface area contributed by atoms with Crippen LogP contribution in [0.5, 0.6) is 0 Å². The molecule has 0 saturated heterocycles. The van der Waals surface area contributed by atoms with Gasteiger partial charge in [0.25, 0.3) is 0 Å². The molecule has 3 heteroatoms. The molecule has 4 aromatic carbocycles. The van der Waals surface area contributed by atoms with Crippen LogP contribution in [0, 0.1) is 0 Å². The van der Waals surface area contributed by atoms with E-state index in [1.807, 2.05) is 36.4 Å². The van der Waals surface area contributed by atoms with E-state index < -0.39 is 0 Å². The van der Waals surface area contributed by atoms with Crippen LogP contribution in [-0.4, -0.2) is 9.97 Å². The second-order valence-corrected chi connectivity index (χ2v) is 8.59. The molecule has 0 N–H and O–H groups in total. The third-order valence-corrected chi connectivity index (χ3v) is 6.40. The van der Waals surface area contributed by atoms with Gasteiger partial charge >= 0.3 is 0 Å². The van der Waals surface area contributed by atoms with Gasteiger partial charge in [0, 0.05) is 21.0 Å². The van der Waals surface area contributed by atoms with Crippen molar-refractivity contribution in [2.75, 3.05) is 0 Å². The molecule has 1 aliphatic rings. The number of benzene rings is 4. The predicted octanol–water partition coefficient (Wildman–Crippen LogP) is 7.77. The van der Waals surface area contributed by atoms with Crippen LogP contribution in [0.4, 0.5) is 0 Å². The van der Waals surface area contributed by atoms with Crippen LogP contribution in [0.3, 0.4) is 0 Å². The Labute approximate surface area is 189 Å². The summed E-state index contributed by atoms with van der Waals surface area (Å²) in [5.41, 5.74) is 9.84. The zero-order valence-electron chi connectivity index (χ0n) is 16.6. The van der Waals surface area contributed by atoms with E-state index in [1.54, 1.807) is 0 Å². The Morgan fingerprint density at radius 1 is 0.613 bits per heavy atom. The molecule has 0 aliphatic heterocycles. The highest BCUT2D eigenvalue weighted by molar-refractivity contribution is 9.10. The molecule has 0 spiro atoms. The van der Waals surface area contributed by atoms with Crippen molar-refractivity contribution in [3.8, 4) is 33.8 Å². The number of aromatic nitrogens is 2. The number of nitrogens with zero attached hydrogens (tertiary/aromatic N) is 2. The lowest BCUT2D eigenvalue weighted by Crippen LogP contribution is -1.96. The zero-order valence-corrected chi connectivity index (χ0v) is 18.2. The topological polar surface area (TPSA) is 25.8 Å². The predicted molar refractivity (Wildman–Crippen MR) is 132 cm³/mol.